The zero-order valence-electron chi connectivity index (χ0n) is 16.4. The summed E-state index contributed by atoms with van der Waals surface area (Å²) in [6.07, 6.45) is 2.47. The van der Waals surface area contributed by atoms with Gasteiger partial charge in [-0.2, -0.15) is 0 Å². The fraction of sp³-hybridized carbons (Fsp3) is 0.304. The number of benzene rings is 2. The Bertz CT molecular complexity index is 1050. The van der Waals surface area contributed by atoms with Gasteiger partial charge in [-0.25, -0.2) is 4.98 Å². The molecule has 1 unspecified atom stereocenters. The van der Waals surface area contributed by atoms with Crippen LogP contribution in [0.2, 0.25) is 5.02 Å². The zero-order valence-corrected chi connectivity index (χ0v) is 17.2. The van der Waals surface area contributed by atoms with Crippen molar-refractivity contribution in [2.75, 3.05) is 6.61 Å². The lowest BCUT2D eigenvalue weighted by Gasteiger charge is -2.14. The third-order valence-electron chi connectivity index (χ3n) is 4.90. The van der Waals surface area contributed by atoms with E-state index in [2.05, 4.69) is 10.3 Å². The molecule has 2 aromatic carbocycles. The number of ether oxygens (including phenoxy) is 2. The molecule has 5 nitrogen and oxygen atoms in total. The summed E-state index contributed by atoms with van der Waals surface area (Å²) in [7, 11) is 0. The third-order valence-corrected chi connectivity index (χ3v) is 5.20. The van der Waals surface area contributed by atoms with Gasteiger partial charge in [0.25, 0.3) is 0 Å². The molecule has 1 aromatic heterocycles. The van der Waals surface area contributed by atoms with Gasteiger partial charge in [0.15, 0.2) is 0 Å². The van der Waals surface area contributed by atoms with E-state index in [1.807, 2.05) is 49.4 Å². The number of fused-ring (bicyclic) bond motifs is 1. The minimum atomic E-state index is -0.0596. The molecule has 150 valence electrons. The minimum Gasteiger partial charge on any atom is -0.492 e. The maximum Gasteiger partial charge on any atom is 0.219 e. The van der Waals surface area contributed by atoms with Crippen LogP contribution in [-0.2, 0) is 4.79 Å². The van der Waals surface area contributed by atoms with E-state index < -0.39 is 0 Å². The summed E-state index contributed by atoms with van der Waals surface area (Å²) in [5, 5.41) is 4.40. The van der Waals surface area contributed by atoms with Gasteiger partial charge in [0, 0.05) is 24.4 Å². The first-order valence-electron chi connectivity index (χ1n) is 9.76. The van der Waals surface area contributed by atoms with Gasteiger partial charge < -0.3 is 14.8 Å². The highest BCUT2D eigenvalue weighted by atomic mass is 35.5. The quantitative estimate of drug-likeness (QED) is 0.545. The number of hydrogen-bond acceptors (Lipinski definition) is 4. The number of amides is 1. The molecule has 1 fully saturated rings. The molecule has 1 saturated carbocycles. The van der Waals surface area contributed by atoms with Gasteiger partial charge in [0.05, 0.1) is 23.2 Å². The smallest absolute Gasteiger partial charge is 0.219 e. The van der Waals surface area contributed by atoms with Crippen LogP contribution in [0.4, 0.5) is 0 Å². The molecule has 1 heterocycles. The fourth-order valence-electron chi connectivity index (χ4n) is 3.11. The Balaban J connectivity index is 1.47. The number of nitrogens with one attached hydrogen (secondary N) is 1. The number of hydrogen-bond donors (Lipinski definition) is 1. The Morgan fingerprint density at radius 3 is 2.76 bits per heavy atom. The van der Waals surface area contributed by atoms with E-state index in [0.29, 0.717) is 34.9 Å². The first-order chi connectivity index (χ1) is 14.0. The van der Waals surface area contributed by atoms with E-state index in [1.54, 1.807) is 6.07 Å². The first-order valence-corrected chi connectivity index (χ1v) is 10.1. The summed E-state index contributed by atoms with van der Waals surface area (Å²) >= 11 is 6.32. The highest BCUT2D eigenvalue weighted by Crippen LogP contribution is 2.34. The second-order valence-corrected chi connectivity index (χ2v) is 7.88. The van der Waals surface area contributed by atoms with Crippen molar-refractivity contribution in [2.24, 2.45) is 5.92 Å². The summed E-state index contributed by atoms with van der Waals surface area (Å²) in [5.41, 5.74) is 1.84. The monoisotopic (exact) mass is 410 g/mol. The molecular weight excluding hydrogens is 388 g/mol. The Labute approximate surface area is 175 Å². The maximum absolute atomic E-state index is 11.3. The summed E-state index contributed by atoms with van der Waals surface area (Å²) < 4.78 is 11.6. The van der Waals surface area contributed by atoms with Gasteiger partial charge in [-0.15, -0.1) is 0 Å². The molecule has 4 rings (SSSR count). The van der Waals surface area contributed by atoms with E-state index >= 15 is 0 Å². The Hall–Kier alpha value is -2.79. The molecule has 0 saturated heterocycles. The van der Waals surface area contributed by atoms with Crippen molar-refractivity contribution < 1.29 is 14.3 Å². The van der Waals surface area contributed by atoms with E-state index in [1.165, 1.54) is 19.8 Å². The van der Waals surface area contributed by atoms with Crippen LogP contribution in [0, 0.1) is 5.92 Å². The fourth-order valence-corrected chi connectivity index (χ4v) is 3.34. The lowest BCUT2D eigenvalue weighted by molar-refractivity contribution is -0.119. The number of rotatable bonds is 7. The molecule has 6 heteroatoms. The van der Waals surface area contributed by atoms with Gasteiger partial charge in [-0.05, 0) is 61.6 Å². The second-order valence-electron chi connectivity index (χ2n) is 7.47. The van der Waals surface area contributed by atoms with Crippen molar-refractivity contribution in [3.05, 3.63) is 59.1 Å². The van der Waals surface area contributed by atoms with Crippen LogP contribution >= 0.6 is 11.6 Å². The lowest BCUT2D eigenvalue weighted by atomic mass is 10.1. The van der Waals surface area contributed by atoms with Crippen molar-refractivity contribution in [1.29, 1.82) is 0 Å². The minimum absolute atomic E-state index is 0.0536. The summed E-state index contributed by atoms with van der Waals surface area (Å²) in [4.78, 5) is 15.8. The number of carbonyl (C=O) groups is 1. The summed E-state index contributed by atoms with van der Waals surface area (Å²) in [5.74, 6) is 2.39. The highest BCUT2D eigenvalue weighted by Gasteiger charge is 2.22. The Kier molecular flexibility index (Phi) is 5.58. The summed E-state index contributed by atoms with van der Waals surface area (Å²) in [6.45, 7) is 4.19. The zero-order chi connectivity index (χ0) is 20.4. The van der Waals surface area contributed by atoms with Crippen LogP contribution < -0.4 is 14.8 Å². The van der Waals surface area contributed by atoms with Crippen LogP contribution in [0.15, 0.2) is 48.5 Å². The van der Waals surface area contributed by atoms with Crippen molar-refractivity contribution in [2.45, 2.75) is 32.7 Å². The number of carbonyl (C=O) groups excluding carboxylic acids is 1. The van der Waals surface area contributed by atoms with Gasteiger partial charge in [-0.1, -0.05) is 17.7 Å². The normalized spacial score (nSPS) is 14.4. The average molecular weight is 411 g/mol. The molecule has 1 N–H and O–H groups in total. The molecule has 0 spiro atoms. The molecule has 1 atom stereocenters. The molecule has 29 heavy (non-hydrogen) atoms. The summed E-state index contributed by atoms with van der Waals surface area (Å²) in [6, 6.07) is 15.0. The van der Waals surface area contributed by atoms with Crippen LogP contribution in [0.1, 0.15) is 38.3 Å². The van der Waals surface area contributed by atoms with Gasteiger partial charge >= 0.3 is 0 Å². The average Bonchev–Trinajstić information content (AvgIpc) is 3.51. The predicted molar refractivity (Wildman–Crippen MR) is 114 cm³/mol. The number of aromatic nitrogens is 1. The standard InChI is InChI=1S/C23H23ClN2O3/c1-14(25-15(2)27)17-5-8-21-18(11-17)6-10-23(26-21)29-19-7-9-22(20(24)12-19)28-13-16-3-4-16/h5-12,14,16H,3-4,13H2,1-2H3,(H,25,27). The number of pyridine rings is 1. The maximum atomic E-state index is 11.3. The van der Waals surface area contributed by atoms with Crippen LogP contribution in [0.3, 0.4) is 0 Å². The van der Waals surface area contributed by atoms with E-state index in [4.69, 9.17) is 21.1 Å². The van der Waals surface area contributed by atoms with E-state index in [9.17, 15) is 4.79 Å². The van der Waals surface area contributed by atoms with Crippen molar-refractivity contribution in [1.82, 2.24) is 10.3 Å². The molecule has 0 aliphatic heterocycles. The number of nitrogens with zero attached hydrogens (tertiary/aromatic N) is 1. The topological polar surface area (TPSA) is 60.5 Å². The predicted octanol–water partition coefficient (Wildman–Crippen LogP) is 5.67. The molecule has 0 bridgehead atoms. The van der Waals surface area contributed by atoms with Crippen LogP contribution in [0.5, 0.6) is 17.4 Å². The molecule has 3 aromatic rings. The van der Waals surface area contributed by atoms with Gasteiger partial charge in [0.2, 0.25) is 11.8 Å². The Morgan fingerprint density at radius 2 is 2.03 bits per heavy atom. The molecule has 1 amide bonds. The van der Waals surface area contributed by atoms with Crippen LogP contribution in [-0.4, -0.2) is 17.5 Å². The third kappa shape index (κ3) is 4.98. The Morgan fingerprint density at radius 1 is 1.21 bits per heavy atom. The molecule has 0 radical (unpaired) electrons. The van der Waals surface area contributed by atoms with E-state index in [0.717, 1.165) is 16.5 Å². The van der Waals surface area contributed by atoms with Gasteiger partial charge in [-0.3, -0.25) is 4.79 Å². The lowest BCUT2D eigenvalue weighted by Crippen LogP contribution is -2.23. The van der Waals surface area contributed by atoms with Gasteiger partial charge in [0.1, 0.15) is 11.5 Å². The van der Waals surface area contributed by atoms with E-state index in [-0.39, 0.29) is 11.9 Å². The SMILES string of the molecule is CC(=O)NC(C)c1ccc2nc(Oc3ccc(OCC4CC4)c(Cl)c3)ccc2c1. The molecular formula is C23H23ClN2O3. The first kappa shape index (κ1) is 19.5. The van der Waals surface area contributed by atoms with Crippen molar-refractivity contribution in [3.8, 4) is 17.4 Å². The molecule has 1 aliphatic carbocycles. The second kappa shape index (κ2) is 8.29. The largest absolute Gasteiger partial charge is 0.492 e. The van der Waals surface area contributed by atoms with Crippen LogP contribution in [0.25, 0.3) is 10.9 Å². The molecule has 1 aliphatic rings. The number of halogens is 1. The van der Waals surface area contributed by atoms with Crippen molar-refractivity contribution >= 4 is 28.4 Å². The highest BCUT2D eigenvalue weighted by molar-refractivity contribution is 6.32. The van der Waals surface area contributed by atoms with Crippen molar-refractivity contribution in [3.63, 3.8) is 0 Å².